The van der Waals surface area contributed by atoms with Crippen LogP contribution in [0.5, 0.6) is 11.5 Å². The van der Waals surface area contributed by atoms with E-state index in [1.165, 1.54) is 30.3 Å². The average Bonchev–Trinajstić information content (AvgIpc) is 3.29. The first-order valence-electron chi connectivity index (χ1n) is 9.29. The standard InChI is InChI=1S/C20H21NO7S/c22-19(23)20(24,12-21-29(25,26)13-6-2-1-3-7-13)28-17-11-5-9-15-14-8-4-10-16(14)27-18(15)17/h1-3,5-7,9,11,14,16,21,24H,4,8,10,12H2,(H,22,23). The highest BCUT2D eigenvalue weighted by atomic mass is 32.2. The molecule has 3 unspecified atom stereocenters. The van der Waals surface area contributed by atoms with Gasteiger partial charge in [-0.05, 0) is 37.5 Å². The summed E-state index contributed by atoms with van der Waals surface area (Å²) in [6.07, 6.45) is 2.95. The summed E-state index contributed by atoms with van der Waals surface area (Å²) < 4.78 is 38.2. The van der Waals surface area contributed by atoms with Gasteiger partial charge in [-0.2, -0.15) is 0 Å². The maximum Gasteiger partial charge on any atom is 0.378 e. The van der Waals surface area contributed by atoms with E-state index < -0.39 is 28.3 Å². The molecule has 0 bridgehead atoms. The molecule has 1 aliphatic carbocycles. The van der Waals surface area contributed by atoms with Crippen molar-refractivity contribution < 1.29 is 32.9 Å². The second-order valence-electron chi connectivity index (χ2n) is 7.20. The van der Waals surface area contributed by atoms with Crippen molar-refractivity contribution in [3.8, 4) is 11.5 Å². The fourth-order valence-corrected chi connectivity index (χ4v) is 4.89. The quantitative estimate of drug-likeness (QED) is 0.586. The van der Waals surface area contributed by atoms with Crippen LogP contribution in [0.25, 0.3) is 0 Å². The van der Waals surface area contributed by atoms with Crippen molar-refractivity contribution in [2.45, 2.75) is 42.0 Å². The number of carboxylic acid groups (broad SMARTS) is 1. The van der Waals surface area contributed by atoms with Crippen LogP contribution in [0.15, 0.2) is 53.4 Å². The molecule has 3 atom stereocenters. The van der Waals surface area contributed by atoms with Crippen molar-refractivity contribution in [3.05, 3.63) is 54.1 Å². The van der Waals surface area contributed by atoms with E-state index in [9.17, 15) is 23.4 Å². The lowest BCUT2D eigenvalue weighted by atomic mass is 9.97. The minimum Gasteiger partial charge on any atom is -0.486 e. The van der Waals surface area contributed by atoms with Crippen molar-refractivity contribution in [1.82, 2.24) is 4.72 Å². The number of rotatable bonds is 7. The Morgan fingerprint density at radius 2 is 1.93 bits per heavy atom. The highest BCUT2D eigenvalue weighted by Gasteiger charge is 2.44. The van der Waals surface area contributed by atoms with Gasteiger partial charge < -0.3 is 19.7 Å². The molecule has 154 valence electrons. The summed E-state index contributed by atoms with van der Waals surface area (Å²) in [6, 6.07) is 12.6. The maximum atomic E-state index is 12.4. The van der Waals surface area contributed by atoms with E-state index in [0.717, 1.165) is 24.8 Å². The molecular weight excluding hydrogens is 398 g/mol. The number of hydrogen-bond acceptors (Lipinski definition) is 6. The number of sulfonamides is 1. The number of aliphatic hydroxyl groups is 1. The number of benzene rings is 2. The molecule has 1 heterocycles. The summed E-state index contributed by atoms with van der Waals surface area (Å²) in [5.41, 5.74) is 0.919. The predicted octanol–water partition coefficient (Wildman–Crippen LogP) is 1.85. The van der Waals surface area contributed by atoms with Gasteiger partial charge in [-0.1, -0.05) is 30.3 Å². The fourth-order valence-electron chi connectivity index (χ4n) is 3.82. The Balaban J connectivity index is 1.56. The lowest BCUT2D eigenvalue weighted by Gasteiger charge is -2.25. The largest absolute Gasteiger partial charge is 0.486 e. The lowest BCUT2D eigenvalue weighted by molar-refractivity contribution is -0.191. The first-order chi connectivity index (χ1) is 13.8. The first kappa shape index (κ1) is 19.7. The molecule has 29 heavy (non-hydrogen) atoms. The van der Waals surface area contributed by atoms with Gasteiger partial charge in [0, 0.05) is 11.5 Å². The molecule has 0 radical (unpaired) electrons. The van der Waals surface area contributed by atoms with E-state index in [1.54, 1.807) is 12.1 Å². The third-order valence-corrected chi connectivity index (χ3v) is 6.72. The molecule has 0 amide bonds. The van der Waals surface area contributed by atoms with E-state index in [0.29, 0.717) is 5.75 Å². The number of ether oxygens (including phenoxy) is 2. The highest BCUT2D eigenvalue weighted by molar-refractivity contribution is 7.89. The van der Waals surface area contributed by atoms with Crippen LogP contribution in [0.1, 0.15) is 30.7 Å². The molecule has 1 saturated carbocycles. The van der Waals surface area contributed by atoms with Crippen LogP contribution in [-0.4, -0.2) is 43.0 Å². The summed E-state index contributed by atoms with van der Waals surface area (Å²) in [6.45, 7) is -0.879. The van der Waals surface area contributed by atoms with Gasteiger partial charge in [-0.3, -0.25) is 0 Å². The van der Waals surface area contributed by atoms with Gasteiger partial charge in [-0.15, -0.1) is 0 Å². The molecule has 0 saturated heterocycles. The minimum absolute atomic E-state index is 0.0178. The Morgan fingerprint density at radius 3 is 2.66 bits per heavy atom. The Kier molecular flexibility index (Phi) is 4.97. The van der Waals surface area contributed by atoms with Crippen LogP contribution in [0.4, 0.5) is 0 Å². The van der Waals surface area contributed by atoms with Crippen LogP contribution >= 0.6 is 0 Å². The SMILES string of the molecule is O=C(O)C(O)(CNS(=O)(=O)c1ccccc1)Oc1cccc2c1OC1CCCC21. The summed E-state index contributed by atoms with van der Waals surface area (Å²) in [5.74, 6) is -3.82. The van der Waals surface area contributed by atoms with Crippen molar-refractivity contribution in [1.29, 1.82) is 0 Å². The smallest absolute Gasteiger partial charge is 0.378 e. The molecule has 2 aromatic rings. The van der Waals surface area contributed by atoms with Crippen LogP contribution in [0.2, 0.25) is 0 Å². The molecule has 9 heteroatoms. The zero-order valence-corrected chi connectivity index (χ0v) is 16.3. The van der Waals surface area contributed by atoms with Gasteiger partial charge in [-0.25, -0.2) is 17.9 Å². The molecule has 0 aromatic heterocycles. The first-order valence-corrected chi connectivity index (χ1v) is 10.8. The van der Waals surface area contributed by atoms with Gasteiger partial charge in [0.1, 0.15) is 6.10 Å². The van der Waals surface area contributed by atoms with Crippen LogP contribution in [0, 0.1) is 0 Å². The van der Waals surface area contributed by atoms with Gasteiger partial charge in [0.15, 0.2) is 11.5 Å². The van der Waals surface area contributed by atoms with Gasteiger partial charge in [0.05, 0.1) is 11.4 Å². The number of carbonyl (C=O) groups is 1. The Morgan fingerprint density at radius 1 is 1.17 bits per heavy atom. The average molecular weight is 419 g/mol. The summed E-state index contributed by atoms with van der Waals surface area (Å²) in [5, 5.41) is 20.1. The second kappa shape index (κ2) is 7.33. The number of para-hydroxylation sites is 1. The Labute approximate surface area is 168 Å². The van der Waals surface area contributed by atoms with Gasteiger partial charge in [0.25, 0.3) is 0 Å². The van der Waals surface area contributed by atoms with E-state index >= 15 is 0 Å². The molecule has 2 aliphatic rings. The van der Waals surface area contributed by atoms with E-state index in [-0.39, 0.29) is 22.7 Å². The molecular formula is C20H21NO7S. The highest BCUT2D eigenvalue weighted by Crippen LogP contribution is 2.51. The van der Waals surface area contributed by atoms with E-state index in [2.05, 4.69) is 4.72 Å². The van der Waals surface area contributed by atoms with Crippen molar-refractivity contribution in [2.75, 3.05) is 6.54 Å². The van der Waals surface area contributed by atoms with Crippen molar-refractivity contribution in [2.24, 2.45) is 0 Å². The van der Waals surface area contributed by atoms with Crippen LogP contribution in [-0.2, 0) is 14.8 Å². The topological polar surface area (TPSA) is 122 Å². The number of carboxylic acids is 1. The zero-order chi connectivity index (χ0) is 20.6. The van der Waals surface area contributed by atoms with Crippen LogP contribution < -0.4 is 14.2 Å². The summed E-state index contributed by atoms with van der Waals surface area (Å²) in [4.78, 5) is 11.7. The van der Waals surface area contributed by atoms with Crippen molar-refractivity contribution in [3.63, 3.8) is 0 Å². The van der Waals surface area contributed by atoms with Crippen molar-refractivity contribution >= 4 is 16.0 Å². The number of fused-ring (bicyclic) bond motifs is 3. The number of nitrogens with one attached hydrogen (secondary N) is 1. The monoisotopic (exact) mass is 419 g/mol. The molecule has 2 aromatic carbocycles. The molecule has 1 fully saturated rings. The normalized spacial score (nSPS) is 22.2. The molecule has 4 rings (SSSR count). The molecule has 8 nitrogen and oxygen atoms in total. The third-order valence-electron chi connectivity index (χ3n) is 5.30. The summed E-state index contributed by atoms with van der Waals surface area (Å²) >= 11 is 0. The Bertz CT molecular complexity index is 1020. The third kappa shape index (κ3) is 3.68. The molecule has 1 aliphatic heterocycles. The lowest BCUT2D eigenvalue weighted by Crippen LogP contribution is -2.53. The second-order valence-corrected chi connectivity index (χ2v) is 8.96. The minimum atomic E-state index is -4.03. The van der Waals surface area contributed by atoms with E-state index in [1.807, 2.05) is 6.07 Å². The number of aliphatic carboxylic acids is 1. The summed E-state index contributed by atoms with van der Waals surface area (Å²) in [7, 11) is -4.03. The van der Waals surface area contributed by atoms with Crippen LogP contribution in [0.3, 0.4) is 0 Å². The van der Waals surface area contributed by atoms with Gasteiger partial charge in [0.2, 0.25) is 10.0 Å². The molecule has 0 spiro atoms. The maximum absolute atomic E-state index is 12.4. The number of hydrogen-bond donors (Lipinski definition) is 3. The van der Waals surface area contributed by atoms with Gasteiger partial charge >= 0.3 is 11.8 Å². The van der Waals surface area contributed by atoms with E-state index in [4.69, 9.17) is 9.47 Å². The fraction of sp³-hybridized carbons (Fsp3) is 0.350. The zero-order valence-electron chi connectivity index (χ0n) is 15.4. The molecule has 3 N–H and O–H groups in total. The predicted molar refractivity (Wildman–Crippen MR) is 102 cm³/mol. The Hall–Kier alpha value is -2.62.